The Morgan fingerprint density at radius 2 is 1.66 bits per heavy atom. The maximum absolute atomic E-state index is 13.5. The van der Waals surface area contributed by atoms with Crippen molar-refractivity contribution in [1.82, 2.24) is 20.4 Å². The summed E-state index contributed by atoms with van der Waals surface area (Å²) in [6.07, 6.45) is 2.89. The number of piperidine rings is 1. The van der Waals surface area contributed by atoms with Gasteiger partial charge in [0.1, 0.15) is 24.0 Å². The minimum atomic E-state index is -0.980. The number of hydrogen-bond donors (Lipinski definition) is 2. The molecule has 7 rings (SSSR count). The second kappa shape index (κ2) is 15.4. The summed E-state index contributed by atoms with van der Waals surface area (Å²) in [6.45, 7) is 12.6. The first-order valence-corrected chi connectivity index (χ1v) is 19.7. The van der Waals surface area contributed by atoms with Crippen LogP contribution in [0.5, 0.6) is 5.75 Å². The molecule has 1 aliphatic carbocycles. The maximum Gasteiger partial charge on any atom is 0.262 e. The number of imide groups is 2. The van der Waals surface area contributed by atoms with E-state index in [2.05, 4.69) is 60.3 Å². The van der Waals surface area contributed by atoms with Gasteiger partial charge in [0, 0.05) is 66.8 Å². The van der Waals surface area contributed by atoms with E-state index in [0.717, 1.165) is 68.1 Å². The number of unbranched alkanes of at least 4 members (excludes halogenated alkanes) is 1. The molecule has 0 aromatic heterocycles. The standard InChI is InChI=1S/C43H47ClN6O6/c1-42(2)40(43(3,4)41(42)56-30-13-11-28(25-45)33(44)24-30)47-36(52)27-10-7-9-26(22-27)8-5-6-17-48-18-20-49(21-19-48)29-12-14-31-32(23-29)39(55)50(38(31)54)34-15-16-35(51)46-37(34)53/h7,9-14,22-24,34,40-41H,5-6,8,15-21H2,1-4H3,(H,47,52)(H,46,51,53). The van der Waals surface area contributed by atoms with Crippen molar-refractivity contribution in [2.75, 3.05) is 37.6 Å². The Morgan fingerprint density at radius 1 is 0.929 bits per heavy atom. The van der Waals surface area contributed by atoms with Crippen LogP contribution in [0.3, 0.4) is 0 Å². The van der Waals surface area contributed by atoms with Crippen LogP contribution in [-0.2, 0) is 16.0 Å². The molecular formula is C43H47ClN6O6. The monoisotopic (exact) mass is 778 g/mol. The molecular weight excluding hydrogens is 732 g/mol. The maximum atomic E-state index is 13.5. The minimum Gasteiger partial charge on any atom is -0.489 e. The summed E-state index contributed by atoms with van der Waals surface area (Å²) in [5, 5.41) is 15.1. The Balaban J connectivity index is 0.862. The van der Waals surface area contributed by atoms with Gasteiger partial charge in [-0.3, -0.25) is 39.1 Å². The number of hydrogen-bond acceptors (Lipinski definition) is 9. The van der Waals surface area contributed by atoms with Crippen LogP contribution in [0.2, 0.25) is 5.02 Å². The van der Waals surface area contributed by atoms with Crippen molar-refractivity contribution >= 4 is 46.8 Å². The van der Waals surface area contributed by atoms with Crippen molar-refractivity contribution < 1.29 is 28.7 Å². The Kier molecular flexibility index (Phi) is 10.7. The molecule has 0 radical (unpaired) electrons. The molecule has 3 heterocycles. The Bertz CT molecular complexity index is 2120. The molecule has 3 aromatic carbocycles. The number of amides is 5. The normalized spacial score (nSPS) is 22.9. The molecule has 3 aliphatic heterocycles. The lowest BCUT2D eigenvalue weighted by molar-refractivity contribution is -0.164. The van der Waals surface area contributed by atoms with E-state index in [1.165, 1.54) is 0 Å². The molecule has 56 heavy (non-hydrogen) atoms. The van der Waals surface area contributed by atoms with E-state index in [-0.39, 0.29) is 47.3 Å². The van der Waals surface area contributed by atoms with E-state index in [1.807, 2.05) is 24.3 Å². The summed E-state index contributed by atoms with van der Waals surface area (Å²) < 4.78 is 6.38. The van der Waals surface area contributed by atoms with Crippen LogP contribution in [0.1, 0.15) is 95.6 Å². The van der Waals surface area contributed by atoms with Gasteiger partial charge in [-0.2, -0.15) is 5.26 Å². The molecule has 2 N–H and O–H groups in total. The third-order valence-corrected chi connectivity index (χ3v) is 12.3. The van der Waals surface area contributed by atoms with Gasteiger partial charge >= 0.3 is 0 Å². The molecule has 1 unspecified atom stereocenters. The number of halogens is 1. The molecule has 1 atom stereocenters. The van der Waals surface area contributed by atoms with Gasteiger partial charge in [-0.25, -0.2) is 0 Å². The van der Waals surface area contributed by atoms with Crippen LogP contribution in [-0.4, -0.2) is 90.2 Å². The van der Waals surface area contributed by atoms with Gasteiger partial charge in [-0.1, -0.05) is 51.4 Å². The summed E-state index contributed by atoms with van der Waals surface area (Å²) in [5.41, 5.74) is 2.88. The SMILES string of the molecule is CC1(C)C(NC(=O)c2cccc(CCCCN3CCN(c4ccc5c(c4)C(=O)N(C4CCC(=O)NC4=O)C5=O)CC3)c2)C(C)(C)C1Oc1ccc(C#N)c(Cl)c1. The average molecular weight is 779 g/mol. The van der Waals surface area contributed by atoms with E-state index < -0.39 is 29.7 Å². The van der Waals surface area contributed by atoms with Gasteiger partial charge in [0.2, 0.25) is 11.8 Å². The number of anilines is 1. The number of rotatable bonds is 11. The second-order valence-corrected chi connectivity index (χ2v) is 16.9. The summed E-state index contributed by atoms with van der Waals surface area (Å²) in [6, 6.07) is 19.2. The highest BCUT2D eigenvalue weighted by molar-refractivity contribution is 6.31. The third-order valence-electron chi connectivity index (χ3n) is 12.0. The minimum absolute atomic E-state index is 0.0858. The number of aryl methyl sites for hydroxylation is 1. The van der Waals surface area contributed by atoms with Crippen LogP contribution in [0.25, 0.3) is 0 Å². The van der Waals surface area contributed by atoms with Crippen molar-refractivity contribution in [3.05, 3.63) is 93.5 Å². The molecule has 4 aliphatic rings. The first-order chi connectivity index (χ1) is 26.7. The number of fused-ring (bicyclic) bond motifs is 1. The number of benzene rings is 3. The number of nitriles is 1. The van der Waals surface area contributed by atoms with Crippen LogP contribution >= 0.6 is 11.6 Å². The molecule has 1 saturated carbocycles. The number of nitrogens with one attached hydrogen (secondary N) is 2. The van der Waals surface area contributed by atoms with Crippen molar-refractivity contribution in [2.45, 2.75) is 78.0 Å². The second-order valence-electron chi connectivity index (χ2n) is 16.5. The van der Waals surface area contributed by atoms with Gasteiger partial charge < -0.3 is 15.0 Å². The largest absolute Gasteiger partial charge is 0.489 e. The number of carbonyl (C=O) groups excluding carboxylic acids is 5. The van der Waals surface area contributed by atoms with Crippen molar-refractivity contribution in [1.29, 1.82) is 5.26 Å². The Morgan fingerprint density at radius 3 is 2.36 bits per heavy atom. The van der Waals surface area contributed by atoms with E-state index in [0.29, 0.717) is 27.5 Å². The van der Waals surface area contributed by atoms with Crippen LogP contribution in [0.15, 0.2) is 60.7 Å². The van der Waals surface area contributed by atoms with Gasteiger partial charge in [-0.05, 0) is 80.3 Å². The molecule has 12 nitrogen and oxygen atoms in total. The smallest absolute Gasteiger partial charge is 0.262 e. The predicted molar refractivity (Wildman–Crippen MR) is 211 cm³/mol. The molecule has 3 aromatic rings. The number of ether oxygens (including phenoxy) is 1. The van der Waals surface area contributed by atoms with Crippen LogP contribution < -0.4 is 20.3 Å². The summed E-state index contributed by atoms with van der Waals surface area (Å²) in [7, 11) is 0. The number of piperazine rings is 1. The van der Waals surface area contributed by atoms with Gasteiger partial charge in [0.15, 0.2) is 0 Å². The van der Waals surface area contributed by atoms with Crippen molar-refractivity contribution in [3.63, 3.8) is 0 Å². The fourth-order valence-corrected chi connectivity index (χ4v) is 9.44. The zero-order valence-corrected chi connectivity index (χ0v) is 32.9. The lowest BCUT2D eigenvalue weighted by Gasteiger charge is -2.63. The quantitative estimate of drug-likeness (QED) is 0.193. The topological polar surface area (TPSA) is 152 Å². The third kappa shape index (κ3) is 7.38. The lowest BCUT2D eigenvalue weighted by Crippen LogP contribution is -2.74. The lowest BCUT2D eigenvalue weighted by atomic mass is 9.49. The van der Waals surface area contributed by atoms with Gasteiger partial charge in [-0.15, -0.1) is 0 Å². The highest BCUT2D eigenvalue weighted by Gasteiger charge is 2.64. The number of carbonyl (C=O) groups is 5. The molecule has 5 amide bonds. The van der Waals surface area contributed by atoms with E-state index in [9.17, 15) is 29.2 Å². The highest BCUT2D eigenvalue weighted by atomic mass is 35.5. The summed E-state index contributed by atoms with van der Waals surface area (Å²) in [4.78, 5) is 69.6. The zero-order chi connectivity index (χ0) is 39.9. The van der Waals surface area contributed by atoms with Crippen molar-refractivity contribution in [2.24, 2.45) is 10.8 Å². The highest BCUT2D eigenvalue weighted by Crippen LogP contribution is 2.55. The fraction of sp³-hybridized carbons (Fsp3) is 0.442. The summed E-state index contributed by atoms with van der Waals surface area (Å²) in [5.74, 6) is -1.52. The molecule has 2 saturated heterocycles. The molecule has 292 valence electrons. The van der Waals surface area contributed by atoms with Crippen LogP contribution in [0.4, 0.5) is 5.69 Å². The number of nitrogens with zero attached hydrogens (tertiary/aromatic N) is 4. The molecule has 0 bridgehead atoms. The molecule has 0 spiro atoms. The zero-order valence-electron chi connectivity index (χ0n) is 32.2. The van der Waals surface area contributed by atoms with Gasteiger partial charge in [0.05, 0.1) is 21.7 Å². The van der Waals surface area contributed by atoms with Crippen LogP contribution in [0, 0.1) is 22.2 Å². The molecule has 13 heteroatoms. The fourth-order valence-electron chi connectivity index (χ4n) is 9.23. The van der Waals surface area contributed by atoms with Crippen molar-refractivity contribution in [3.8, 4) is 11.8 Å². The first kappa shape index (κ1) is 39.0. The van der Waals surface area contributed by atoms with Gasteiger partial charge in [0.25, 0.3) is 17.7 Å². The van der Waals surface area contributed by atoms with E-state index in [1.54, 1.807) is 30.3 Å². The predicted octanol–water partition coefficient (Wildman–Crippen LogP) is 5.37. The average Bonchev–Trinajstić information content (AvgIpc) is 3.42. The van der Waals surface area contributed by atoms with E-state index >= 15 is 0 Å². The Hall–Kier alpha value is -5.25. The van der Waals surface area contributed by atoms with E-state index in [4.69, 9.17) is 16.3 Å². The summed E-state index contributed by atoms with van der Waals surface area (Å²) >= 11 is 6.25. The first-order valence-electron chi connectivity index (χ1n) is 19.3. The molecule has 3 fully saturated rings. The Labute approximate surface area is 332 Å².